The summed E-state index contributed by atoms with van der Waals surface area (Å²) in [5, 5.41) is 3.84. The molecule has 1 aromatic rings. The molecule has 1 atom stereocenters. The van der Waals surface area contributed by atoms with E-state index >= 15 is 0 Å². The number of halogens is 1. The molecule has 0 unspecified atom stereocenters. The molecule has 1 fully saturated rings. The third-order valence-corrected chi connectivity index (χ3v) is 5.75. The summed E-state index contributed by atoms with van der Waals surface area (Å²) in [5.74, 6) is 0. The second kappa shape index (κ2) is 6.41. The van der Waals surface area contributed by atoms with E-state index in [4.69, 9.17) is 11.6 Å². The second-order valence-electron chi connectivity index (χ2n) is 5.05. The lowest BCUT2D eigenvalue weighted by molar-refractivity contribution is 0.262. The Hall–Kier alpha value is -0.660. The van der Waals surface area contributed by atoms with Crippen LogP contribution in [0.3, 0.4) is 0 Å². The summed E-state index contributed by atoms with van der Waals surface area (Å²) in [6.45, 7) is 4.15. The van der Waals surface area contributed by atoms with Gasteiger partial charge in [0.25, 0.3) is 10.2 Å². The van der Waals surface area contributed by atoms with Crippen molar-refractivity contribution >= 4 is 21.8 Å². The highest BCUT2D eigenvalue weighted by molar-refractivity contribution is 7.86. The first-order valence-electron chi connectivity index (χ1n) is 6.59. The van der Waals surface area contributed by atoms with Crippen molar-refractivity contribution in [2.75, 3.05) is 26.7 Å². The first-order chi connectivity index (χ1) is 9.41. The standard InChI is InChI=1S/C13H20ClN3O2S/c1-11-9-15-7-8-17(11)20(18,19)16(2)10-12-3-5-13(14)6-4-12/h3-6,11,15H,7-10H2,1-2H3/t11-/m1/s1. The van der Waals surface area contributed by atoms with Crippen molar-refractivity contribution in [3.05, 3.63) is 34.9 Å². The number of hydrogen-bond acceptors (Lipinski definition) is 3. The molecule has 112 valence electrons. The Morgan fingerprint density at radius 3 is 2.65 bits per heavy atom. The minimum absolute atomic E-state index is 0.0265. The van der Waals surface area contributed by atoms with Crippen molar-refractivity contribution in [2.45, 2.75) is 19.5 Å². The zero-order valence-corrected chi connectivity index (χ0v) is 13.3. The molecule has 5 nitrogen and oxygen atoms in total. The molecule has 0 aromatic heterocycles. The second-order valence-corrected chi connectivity index (χ2v) is 7.48. The Bertz CT molecular complexity index is 547. The number of benzene rings is 1. The van der Waals surface area contributed by atoms with Crippen LogP contribution in [0.15, 0.2) is 24.3 Å². The van der Waals surface area contributed by atoms with E-state index in [-0.39, 0.29) is 6.04 Å². The van der Waals surface area contributed by atoms with Gasteiger partial charge in [-0.2, -0.15) is 17.0 Å². The highest BCUT2D eigenvalue weighted by Crippen LogP contribution is 2.17. The molecule has 1 aromatic carbocycles. The highest BCUT2D eigenvalue weighted by atomic mass is 35.5. The van der Waals surface area contributed by atoms with E-state index in [0.29, 0.717) is 31.2 Å². The van der Waals surface area contributed by atoms with Gasteiger partial charge in [0.2, 0.25) is 0 Å². The van der Waals surface area contributed by atoms with Crippen molar-refractivity contribution in [2.24, 2.45) is 0 Å². The Kier molecular flexibility index (Phi) is 5.04. The van der Waals surface area contributed by atoms with Crippen molar-refractivity contribution in [1.29, 1.82) is 0 Å². The highest BCUT2D eigenvalue weighted by Gasteiger charge is 2.32. The van der Waals surface area contributed by atoms with Crippen LogP contribution in [0, 0.1) is 0 Å². The minimum Gasteiger partial charge on any atom is -0.314 e. The average Bonchev–Trinajstić information content (AvgIpc) is 2.41. The Morgan fingerprint density at radius 2 is 2.05 bits per heavy atom. The first-order valence-corrected chi connectivity index (χ1v) is 8.37. The van der Waals surface area contributed by atoms with Gasteiger partial charge in [0.05, 0.1) is 0 Å². The molecular formula is C13H20ClN3O2S. The van der Waals surface area contributed by atoms with Crippen LogP contribution in [0.5, 0.6) is 0 Å². The Morgan fingerprint density at radius 1 is 1.40 bits per heavy atom. The fraction of sp³-hybridized carbons (Fsp3) is 0.538. The molecule has 0 radical (unpaired) electrons. The quantitative estimate of drug-likeness (QED) is 0.911. The summed E-state index contributed by atoms with van der Waals surface area (Å²) in [6.07, 6.45) is 0. The van der Waals surface area contributed by atoms with Crippen LogP contribution < -0.4 is 5.32 Å². The van der Waals surface area contributed by atoms with Gasteiger partial charge in [0.1, 0.15) is 0 Å². The van der Waals surface area contributed by atoms with Gasteiger partial charge in [-0.1, -0.05) is 23.7 Å². The zero-order valence-electron chi connectivity index (χ0n) is 11.7. The SMILES string of the molecule is C[C@@H]1CNCCN1S(=O)(=O)N(C)Cc1ccc(Cl)cc1. The molecule has 1 heterocycles. The van der Waals surface area contributed by atoms with Crippen LogP contribution in [0.25, 0.3) is 0 Å². The zero-order chi connectivity index (χ0) is 14.8. The van der Waals surface area contributed by atoms with Crippen molar-refractivity contribution in [3.8, 4) is 0 Å². The average molecular weight is 318 g/mol. The van der Waals surface area contributed by atoms with Gasteiger partial charge in [-0.15, -0.1) is 0 Å². The van der Waals surface area contributed by atoms with E-state index in [9.17, 15) is 8.42 Å². The smallest absolute Gasteiger partial charge is 0.282 e. The molecule has 1 aliphatic heterocycles. The van der Waals surface area contributed by atoms with Crippen LogP contribution >= 0.6 is 11.6 Å². The van der Waals surface area contributed by atoms with Gasteiger partial charge >= 0.3 is 0 Å². The van der Waals surface area contributed by atoms with Gasteiger partial charge in [0.15, 0.2) is 0 Å². The fourth-order valence-corrected chi connectivity index (χ4v) is 3.92. The maximum absolute atomic E-state index is 12.6. The van der Waals surface area contributed by atoms with E-state index in [1.165, 1.54) is 4.31 Å². The molecule has 1 saturated heterocycles. The first kappa shape index (κ1) is 15.7. The summed E-state index contributed by atoms with van der Waals surface area (Å²) in [7, 11) is -1.82. The predicted octanol–water partition coefficient (Wildman–Crippen LogP) is 1.31. The Balaban J connectivity index is 2.10. The normalized spacial score (nSPS) is 21.3. The van der Waals surface area contributed by atoms with Gasteiger partial charge < -0.3 is 5.32 Å². The van der Waals surface area contributed by atoms with E-state index in [2.05, 4.69) is 5.32 Å². The van der Waals surface area contributed by atoms with Gasteiger partial charge in [-0.25, -0.2) is 0 Å². The molecule has 0 amide bonds. The van der Waals surface area contributed by atoms with Crippen molar-refractivity contribution in [3.63, 3.8) is 0 Å². The van der Waals surface area contributed by atoms with Crippen molar-refractivity contribution < 1.29 is 8.42 Å². The van der Waals surface area contributed by atoms with Crippen LogP contribution in [-0.4, -0.2) is 49.8 Å². The summed E-state index contributed by atoms with van der Waals surface area (Å²) < 4.78 is 28.1. The molecule has 0 saturated carbocycles. The number of piperazine rings is 1. The number of nitrogens with one attached hydrogen (secondary N) is 1. The molecule has 1 N–H and O–H groups in total. The summed E-state index contributed by atoms with van der Waals surface area (Å²) in [4.78, 5) is 0. The molecule has 0 aliphatic carbocycles. The third kappa shape index (κ3) is 3.51. The van der Waals surface area contributed by atoms with Crippen LogP contribution in [0.2, 0.25) is 5.02 Å². The predicted molar refractivity (Wildman–Crippen MR) is 80.9 cm³/mol. The number of rotatable bonds is 4. The minimum atomic E-state index is -3.43. The number of hydrogen-bond donors (Lipinski definition) is 1. The van der Waals surface area contributed by atoms with Crippen LogP contribution in [0.1, 0.15) is 12.5 Å². The largest absolute Gasteiger partial charge is 0.314 e. The lowest BCUT2D eigenvalue weighted by Gasteiger charge is -2.35. The molecule has 2 rings (SSSR count). The Labute approximate surface area is 125 Å². The van der Waals surface area contributed by atoms with Gasteiger partial charge in [-0.05, 0) is 24.6 Å². The molecule has 1 aliphatic rings. The van der Waals surface area contributed by atoms with E-state index in [0.717, 1.165) is 5.56 Å². The van der Waals surface area contributed by atoms with E-state index < -0.39 is 10.2 Å². The molecule has 0 spiro atoms. The topological polar surface area (TPSA) is 52.7 Å². The number of nitrogens with zero attached hydrogens (tertiary/aromatic N) is 2. The molecular weight excluding hydrogens is 298 g/mol. The van der Waals surface area contributed by atoms with Crippen LogP contribution in [-0.2, 0) is 16.8 Å². The maximum Gasteiger partial charge on any atom is 0.282 e. The van der Waals surface area contributed by atoms with E-state index in [1.54, 1.807) is 23.5 Å². The maximum atomic E-state index is 12.6. The molecule has 7 heteroatoms. The van der Waals surface area contributed by atoms with Gasteiger partial charge in [0, 0.05) is 44.3 Å². The summed E-state index contributed by atoms with van der Waals surface area (Å²) in [5.41, 5.74) is 0.920. The van der Waals surface area contributed by atoms with Crippen molar-refractivity contribution in [1.82, 2.24) is 13.9 Å². The molecule has 20 heavy (non-hydrogen) atoms. The fourth-order valence-electron chi connectivity index (χ4n) is 2.27. The van der Waals surface area contributed by atoms with Crippen LogP contribution in [0.4, 0.5) is 0 Å². The van der Waals surface area contributed by atoms with E-state index in [1.807, 2.05) is 19.1 Å². The lowest BCUT2D eigenvalue weighted by atomic mass is 10.2. The monoisotopic (exact) mass is 317 g/mol. The third-order valence-electron chi connectivity index (χ3n) is 3.45. The van der Waals surface area contributed by atoms with Gasteiger partial charge in [-0.3, -0.25) is 0 Å². The lowest BCUT2D eigenvalue weighted by Crippen LogP contribution is -2.55. The summed E-state index contributed by atoms with van der Waals surface area (Å²) in [6, 6.07) is 7.20. The summed E-state index contributed by atoms with van der Waals surface area (Å²) >= 11 is 5.83. The molecule has 0 bridgehead atoms.